The number of nitrogens with one attached hydrogen (secondary N) is 1. The summed E-state index contributed by atoms with van der Waals surface area (Å²) in [6.07, 6.45) is 6.93. The highest BCUT2D eigenvalue weighted by molar-refractivity contribution is 6.01. The minimum absolute atomic E-state index is 0.197. The van der Waals surface area contributed by atoms with Gasteiger partial charge in [-0.2, -0.15) is 14.9 Å². The lowest BCUT2D eigenvalue weighted by Gasteiger charge is -2.22. The van der Waals surface area contributed by atoms with Gasteiger partial charge in [0.15, 0.2) is 5.65 Å². The Morgan fingerprint density at radius 3 is 2.63 bits per heavy atom. The van der Waals surface area contributed by atoms with E-state index in [-0.39, 0.29) is 24.0 Å². The number of aromatic nitrogens is 3. The molecule has 2 aliphatic rings. The van der Waals surface area contributed by atoms with Gasteiger partial charge in [0, 0.05) is 25.1 Å². The van der Waals surface area contributed by atoms with Crippen molar-refractivity contribution in [3.8, 4) is 17.3 Å². The fourth-order valence-electron chi connectivity index (χ4n) is 5.43. The fourth-order valence-corrected chi connectivity index (χ4v) is 5.43. The van der Waals surface area contributed by atoms with Gasteiger partial charge in [0.1, 0.15) is 5.56 Å². The Bertz CT molecular complexity index is 1330. The largest absolute Gasteiger partial charge is 0.396 e. The monoisotopic (exact) mass is 473 g/mol. The standard InChI is InChI=1S/C27H31N5O3/c1-17(16-33)25-24(27(35)31-12-11-18(14-28)15-31)26-29-22(13-23(34)32(26)30-25)21-9-7-20(8-10-21)19-5-3-2-4-6-19/h7-10,13,17-19,29,33H,2-6,11-12,15-16H2,1H3/t17-,18+/m1/s1. The van der Waals surface area contributed by atoms with Crippen LogP contribution in [0.15, 0.2) is 35.1 Å². The fraction of sp³-hybridized carbons (Fsp3) is 0.481. The van der Waals surface area contributed by atoms with Crippen LogP contribution in [0.4, 0.5) is 0 Å². The molecule has 1 aliphatic carbocycles. The SMILES string of the molecule is C[C@H](CO)c1nn2c(=O)cc(-c3ccc(C4CCCCC4)cc3)[nH]c2c1C(=O)N1CC[C@@H](C#N)C1. The molecule has 2 atom stereocenters. The first-order chi connectivity index (χ1) is 17.0. The molecule has 2 aromatic heterocycles. The van der Waals surface area contributed by atoms with E-state index in [9.17, 15) is 20.0 Å². The van der Waals surface area contributed by atoms with E-state index in [2.05, 4.69) is 28.3 Å². The van der Waals surface area contributed by atoms with Gasteiger partial charge in [-0.3, -0.25) is 9.59 Å². The molecule has 3 heterocycles. The third-order valence-electron chi connectivity index (χ3n) is 7.55. The van der Waals surface area contributed by atoms with Crippen molar-refractivity contribution >= 4 is 11.6 Å². The Labute approximate surface area is 204 Å². The molecule has 35 heavy (non-hydrogen) atoms. The van der Waals surface area contributed by atoms with E-state index in [1.807, 2.05) is 12.1 Å². The molecule has 5 rings (SSSR count). The smallest absolute Gasteiger partial charge is 0.274 e. The first-order valence-corrected chi connectivity index (χ1v) is 12.6. The van der Waals surface area contributed by atoms with Gasteiger partial charge in [0.05, 0.1) is 30.0 Å². The van der Waals surface area contributed by atoms with Crippen LogP contribution in [0.2, 0.25) is 0 Å². The van der Waals surface area contributed by atoms with Crippen molar-refractivity contribution in [2.45, 2.75) is 57.3 Å². The second-order valence-electron chi connectivity index (χ2n) is 9.95. The van der Waals surface area contributed by atoms with Gasteiger partial charge in [-0.1, -0.05) is 50.5 Å². The van der Waals surface area contributed by atoms with E-state index in [4.69, 9.17) is 0 Å². The number of nitrogens with zero attached hydrogens (tertiary/aromatic N) is 4. The third-order valence-corrected chi connectivity index (χ3v) is 7.55. The Kier molecular flexibility index (Phi) is 6.44. The maximum absolute atomic E-state index is 13.6. The second-order valence-corrected chi connectivity index (χ2v) is 9.95. The minimum atomic E-state index is -0.422. The van der Waals surface area contributed by atoms with Gasteiger partial charge in [0.2, 0.25) is 0 Å². The maximum Gasteiger partial charge on any atom is 0.274 e. The predicted octanol–water partition coefficient (Wildman–Crippen LogP) is 3.82. The van der Waals surface area contributed by atoms with E-state index < -0.39 is 5.92 Å². The van der Waals surface area contributed by atoms with Crippen molar-refractivity contribution in [1.29, 1.82) is 5.26 Å². The molecule has 1 aliphatic heterocycles. The van der Waals surface area contributed by atoms with Crippen molar-refractivity contribution in [3.63, 3.8) is 0 Å². The minimum Gasteiger partial charge on any atom is -0.396 e. The van der Waals surface area contributed by atoms with Crippen LogP contribution in [-0.2, 0) is 0 Å². The highest BCUT2D eigenvalue weighted by Gasteiger charge is 2.33. The summed E-state index contributed by atoms with van der Waals surface area (Å²) in [4.78, 5) is 31.5. The van der Waals surface area contributed by atoms with Crippen LogP contribution in [-0.4, -0.2) is 50.2 Å². The molecule has 0 unspecified atom stereocenters. The van der Waals surface area contributed by atoms with Crippen LogP contribution < -0.4 is 5.56 Å². The van der Waals surface area contributed by atoms with E-state index >= 15 is 0 Å². The zero-order valence-electron chi connectivity index (χ0n) is 20.0. The quantitative estimate of drug-likeness (QED) is 0.585. The molecule has 3 aromatic rings. The van der Waals surface area contributed by atoms with Gasteiger partial charge >= 0.3 is 0 Å². The number of carbonyl (C=O) groups is 1. The molecule has 2 fully saturated rings. The number of likely N-dealkylation sites (tertiary alicyclic amines) is 1. The Morgan fingerprint density at radius 2 is 1.97 bits per heavy atom. The average Bonchev–Trinajstić information content (AvgIpc) is 3.54. The number of aliphatic hydroxyl groups is 1. The molecular formula is C27H31N5O3. The molecule has 8 heteroatoms. The van der Waals surface area contributed by atoms with Crippen LogP contribution in [0.3, 0.4) is 0 Å². The molecule has 0 radical (unpaired) electrons. The van der Waals surface area contributed by atoms with Crippen molar-refractivity contribution in [2.75, 3.05) is 19.7 Å². The molecule has 0 bridgehead atoms. The molecular weight excluding hydrogens is 442 g/mol. The topological polar surface area (TPSA) is 114 Å². The molecule has 1 amide bonds. The van der Waals surface area contributed by atoms with Gasteiger partial charge in [-0.05, 0) is 36.3 Å². The highest BCUT2D eigenvalue weighted by atomic mass is 16.3. The number of aromatic amines is 1. The lowest BCUT2D eigenvalue weighted by atomic mass is 9.84. The number of carbonyl (C=O) groups excluding carboxylic acids is 1. The van der Waals surface area contributed by atoms with Crippen molar-refractivity contribution in [1.82, 2.24) is 19.5 Å². The molecule has 182 valence electrons. The van der Waals surface area contributed by atoms with E-state index in [1.165, 1.54) is 48.2 Å². The first-order valence-electron chi connectivity index (χ1n) is 12.6. The maximum atomic E-state index is 13.6. The molecule has 0 spiro atoms. The number of fused-ring (bicyclic) bond motifs is 1. The number of rotatable bonds is 5. The molecule has 2 N–H and O–H groups in total. The summed E-state index contributed by atoms with van der Waals surface area (Å²) in [5, 5.41) is 23.5. The van der Waals surface area contributed by atoms with Crippen molar-refractivity contribution in [2.24, 2.45) is 5.92 Å². The molecule has 1 saturated carbocycles. The number of H-pyrrole nitrogens is 1. The van der Waals surface area contributed by atoms with Gasteiger partial charge in [0.25, 0.3) is 11.5 Å². The zero-order valence-corrected chi connectivity index (χ0v) is 20.0. The average molecular weight is 474 g/mol. The van der Waals surface area contributed by atoms with Gasteiger partial charge in [-0.25, -0.2) is 0 Å². The van der Waals surface area contributed by atoms with E-state index in [1.54, 1.807) is 11.8 Å². The summed E-state index contributed by atoms with van der Waals surface area (Å²) in [6.45, 7) is 2.41. The summed E-state index contributed by atoms with van der Waals surface area (Å²) in [5.41, 5.74) is 3.48. The lowest BCUT2D eigenvalue weighted by molar-refractivity contribution is 0.0789. The van der Waals surface area contributed by atoms with Crippen LogP contribution in [0.1, 0.15) is 78.9 Å². The molecule has 1 aromatic carbocycles. The number of hydrogen-bond acceptors (Lipinski definition) is 5. The second kappa shape index (κ2) is 9.67. The Balaban J connectivity index is 1.56. The van der Waals surface area contributed by atoms with Crippen molar-refractivity contribution < 1.29 is 9.90 Å². The van der Waals surface area contributed by atoms with Crippen LogP contribution in [0, 0.1) is 17.2 Å². The summed E-state index contributed by atoms with van der Waals surface area (Å²) in [5.74, 6) is -0.293. The summed E-state index contributed by atoms with van der Waals surface area (Å²) < 4.78 is 1.21. The van der Waals surface area contributed by atoms with Gasteiger partial charge in [-0.15, -0.1) is 0 Å². The number of benzene rings is 1. The van der Waals surface area contributed by atoms with Crippen LogP contribution >= 0.6 is 0 Å². The van der Waals surface area contributed by atoms with Crippen LogP contribution in [0.25, 0.3) is 16.9 Å². The summed E-state index contributed by atoms with van der Waals surface area (Å²) >= 11 is 0. The molecule has 1 saturated heterocycles. The number of nitriles is 1. The van der Waals surface area contributed by atoms with Gasteiger partial charge < -0.3 is 15.0 Å². The summed E-state index contributed by atoms with van der Waals surface area (Å²) in [6, 6.07) is 12.1. The number of hydrogen-bond donors (Lipinski definition) is 2. The highest BCUT2D eigenvalue weighted by Crippen LogP contribution is 2.33. The number of amides is 1. The molecule has 8 nitrogen and oxygen atoms in total. The normalized spacial score (nSPS) is 19.7. The zero-order chi connectivity index (χ0) is 24.5. The summed E-state index contributed by atoms with van der Waals surface area (Å²) in [7, 11) is 0. The third kappa shape index (κ3) is 4.37. The lowest BCUT2D eigenvalue weighted by Crippen LogP contribution is -2.30. The van der Waals surface area contributed by atoms with Crippen LogP contribution in [0.5, 0.6) is 0 Å². The van der Waals surface area contributed by atoms with E-state index in [0.29, 0.717) is 48.0 Å². The predicted molar refractivity (Wildman–Crippen MR) is 132 cm³/mol. The first kappa shape index (κ1) is 23.3. The Hall–Kier alpha value is -3.44. The number of aliphatic hydroxyl groups excluding tert-OH is 1. The van der Waals surface area contributed by atoms with Crippen molar-refractivity contribution in [3.05, 3.63) is 57.5 Å². The van der Waals surface area contributed by atoms with E-state index in [0.717, 1.165) is 5.56 Å². The Morgan fingerprint density at radius 1 is 1.23 bits per heavy atom.